The van der Waals surface area contributed by atoms with Gasteiger partial charge in [-0.05, 0) is 45.6 Å². The van der Waals surface area contributed by atoms with Crippen LogP contribution in [0, 0.1) is 0 Å². The Kier molecular flexibility index (Phi) is 4.52. The average molecular weight is 319 g/mol. The van der Waals surface area contributed by atoms with Crippen LogP contribution in [-0.4, -0.2) is 52.3 Å². The SMILES string of the molecule is C[C@H]1C[C@@H](N(C)Cc2cnn(-c3cccc(Cl)c3)c2)CN1C. The summed E-state index contributed by atoms with van der Waals surface area (Å²) in [5, 5.41) is 5.19. The summed E-state index contributed by atoms with van der Waals surface area (Å²) in [6, 6.07) is 9.05. The highest BCUT2D eigenvalue weighted by Crippen LogP contribution is 2.21. The summed E-state index contributed by atoms with van der Waals surface area (Å²) in [7, 11) is 4.41. The minimum absolute atomic E-state index is 0.620. The Balaban J connectivity index is 1.67. The number of likely N-dealkylation sites (tertiary alicyclic amines) is 1. The molecule has 0 bridgehead atoms. The average Bonchev–Trinajstić information content (AvgIpc) is 3.07. The van der Waals surface area contributed by atoms with Crippen molar-refractivity contribution in [2.75, 3.05) is 20.6 Å². The van der Waals surface area contributed by atoms with Gasteiger partial charge in [0.2, 0.25) is 0 Å². The Morgan fingerprint density at radius 1 is 1.41 bits per heavy atom. The van der Waals surface area contributed by atoms with E-state index in [0.717, 1.165) is 23.8 Å². The van der Waals surface area contributed by atoms with Crippen molar-refractivity contribution in [3.63, 3.8) is 0 Å². The molecule has 0 unspecified atom stereocenters. The van der Waals surface area contributed by atoms with Gasteiger partial charge in [-0.25, -0.2) is 4.68 Å². The van der Waals surface area contributed by atoms with Gasteiger partial charge in [0.05, 0.1) is 11.9 Å². The predicted molar refractivity (Wildman–Crippen MR) is 90.5 cm³/mol. The van der Waals surface area contributed by atoms with E-state index in [1.807, 2.05) is 35.1 Å². The van der Waals surface area contributed by atoms with Crippen LogP contribution in [0.2, 0.25) is 5.02 Å². The van der Waals surface area contributed by atoms with Crippen LogP contribution in [0.3, 0.4) is 0 Å². The Morgan fingerprint density at radius 2 is 2.23 bits per heavy atom. The van der Waals surface area contributed by atoms with Crippen LogP contribution in [0.15, 0.2) is 36.7 Å². The van der Waals surface area contributed by atoms with Crippen LogP contribution in [-0.2, 0) is 6.54 Å². The summed E-state index contributed by atoms with van der Waals surface area (Å²) in [5.41, 5.74) is 2.22. The van der Waals surface area contributed by atoms with Crippen molar-refractivity contribution in [1.82, 2.24) is 19.6 Å². The zero-order chi connectivity index (χ0) is 15.7. The number of benzene rings is 1. The molecule has 2 heterocycles. The standard InChI is InChI=1S/C17H23ClN4/c1-13-7-17(12-20(13)2)21(3)10-14-9-19-22(11-14)16-6-4-5-15(18)8-16/h4-6,8-9,11,13,17H,7,10,12H2,1-3H3/t13-,17+/m0/s1. The summed E-state index contributed by atoms with van der Waals surface area (Å²) >= 11 is 6.05. The molecule has 0 spiro atoms. The van der Waals surface area contributed by atoms with Crippen LogP contribution in [0.25, 0.3) is 5.69 Å². The largest absolute Gasteiger partial charge is 0.302 e. The van der Waals surface area contributed by atoms with Gasteiger partial charge in [0.1, 0.15) is 0 Å². The lowest BCUT2D eigenvalue weighted by Crippen LogP contribution is -2.33. The van der Waals surface area contributed by atoms with Crippen molar-refractivity contribution in [2.24, 2.45) is 0 Å². The first-order valence-corrected chi connectivity index (χ1v) is 8.10. The maximum Gasteiger partial charge on any atom is 0.0660 e. The fourth-order valence-electron chi connectivity index (χ4n) is 3.10. The van der Waals surface area contributed by atoms with Crippen LogP contribution < -0.4 is 0 Å². The highest BCUT2D eigenvalue weighted by atomic mass is 35.5. The molecule has 1 aliphatic heterocycles. The molecule has 2 atom stereocenters. The number of aromatic nitrogens is 2. The number of likely N-dealkylation sites (N-methyl/N-ethyl adjacent to an activating group) is 2. The molecule has 4 nitrogen and oxygen atoms in total. The summed E-state index contributed by atoms with van der Waals surface area (Å²) in [6.07, 6.45) is 5.26. The summed E-state index contributed by atoms with van der Waals surface area (Å²) in [6.45, 7) is 4.36. The molecule has 1 fully saturated rings. The Morgan fingerprint density at radius 3 is 2.91 bits per heavy atom. The Bertz CT molecular complexity index is 629. The first kappa shape index (κ1) is 15.5. The van der Waals surface area contributed by atoms with Crippen molar-refractivity contribution >= 4 is 11.6 Å². The molecule has 22 heavy (non-hydrogen) atoms. The number of rotatable bonds is 4. The topological polar surface area (TPSA) is 24.3 Å². The molecule has 1 aromatic carbocycles. The molecule has 5 heteroatoms. The number of hydrogen-bond donors (Lipinski definition) is 0. The van der Waals surface area contributed by atoms with E-state index in [-0.39, 0.29) is 0 Å². The quantitative estimate of drug-likeness (QED) is 0.866. The van der Waals surface area contributed by atoms with Gasteiger partial charge in [0.15, 0.2) is 0 Å². The molecule has 1 aliphatic rings. The molecular formula is C17H23ClN4. The molecule has 0 radical (unpaired) electrons. The minimum atomic E-state index is 0.620. The van der Waals surface area contributed by atoms with Gasteiger partial charge in [-0.3, -0.25) is 4.90 Å². The number of hydrogen-bond acceptors (Lipinski definition) is 3. The van der Waals surface area contributed by atoms with Gasteiger partial charge < -0.3 is 4.90 Å². The van der Waals surface area contributed by atoms with Crippen LogP contribution in [0.1, 0.15) is 18.9 Å². The van der Waals surface area contributed by atoms with E-state index in [9.17, 15) is 0 Å². The maximum absolute atomic E-state index is 6.05. The highest BCUT2D eigenvalue weighted by Gasteiger charge is 2.28. The Hall–Kier alpha value is -1.36. The molecule has 0 saturated carbocycles. The number of halogens is 1. The lowest BCUT2D eigenvalue weighted by molar-refractivity contribution is 0.233. The van der Waals surface area contributed by atoms with Gasteiger partial charge in [-0.1, -0.05) is 17.7 Å². The molecule has 2 aromatic rings. The molecule has 1 aromatic heterocycles. The van der Waals surface area contributed by atoms with E-state index in [1.165, 1.54) is 12.0 Å². The summed E-state index contributed by atoms with van der Waals surface area (Å²) in [5.74, 6) is 0. The fourth-order valence-corrected chi connectivity index (χ4v) is 3.28. The molecule has 0 aliphatic carbocycles. The van der Waals surface area contributed by atoms with E-state index in [2.05, 4.69) is 42.1 Å². The minimum Gasteiger partial charge on any atom is -0.302 e. The smallest absolute Gasteiger partial charge is 0.0660 e. The lowest BCUT2D eigenvalue weighted by Gasteiger charge is -2.23. The third kappa shape index (κ3) is 3.35. The molecule has 3 rings (SSSR count). The molecule has 118 valence electrons. The zero-order valence-corrected chi connectivity index (χ0v) is 14.2. The normalized spacial score (nSPS) is 22.6. The molecular weight excluding hydrogens is 296 g/mol. The second-order valence-electron chi connectivity index (χ2n) is 6.37. The van der Waals surface area contributed by atoms with Crippen molar-refractivity contribution in [3.8, 4) is 5.69 Å². The van der Waals surface area contributed by atoms with Crippen molar-refractivity contribution < 1.29 is 0 Å². The van der Waals surface area contributed by atoms with E-state index >= 15 is 0 Å². The third-order valence-corrected chi connectivity index (χ3v) is 4.86. The van der Waals surface area contributed by atoms with Crippen LogP contribution in [0.5, 0.6) is 0 Å². The monoisotopic (exact) mass is 318 g/mol. The maximum atomic E-state index is 6.05. The van der Waals surface area contributed by atoms with Gasteiger partial charge in [-0.2, -0.15) is 5.10 Å². The predicted octanol–water partition coefficient (Wildman–Crippen LogP) is 3.05. The fraction of sp³-hybridized carbons (Fsp3) is 0.471. The van der Waals surface area contributed by atoms with Crippen LogP contribution in [0.4, 0.5) is 0 Å². The first-order valence-electron chi connectivity index (χ1n) is 7.73. The Labute approximate surface area is 137 Å². The zero-order valence-electron chi connectivity index (χ0n) is 13.4. The summed E-state index contributed by atoms with van der Waals surface area (Å²) < 4.78 is 1.89. The van der Waals surface area contributed by atoms with Gasteiger partial charge in [-0.15, -0.1) is 0 Å². The molecule has 0 N–H and O–H groups in total. The van der Waals surface area contributed by atoms with E-state index in [0.29, 0.717) is 12.1 Å². The molecule has 0 amide bonds. The number of nitrogens with zero attached hydrogens (tertiary/aromatic N) is 4. The second-order valence-corrected chi connectivity index (χ2v) is 6.80. The van der Waals surface area contributed by atoms with E-state index in [1.54, 1.807) is 0 Å². The molecule has 1 saturated heterocycles. The second kappa shape index (κ2) is 6.41. The van der Waals surface area contributed by atoms with Crippen molar-refractivity contribution in [3.05, 3.63) is 47.2 Å². The van der Waals surface area contributed by atoms with Gasteiger partial charge >= 0.3 is 0 Å². The van der Waals surface area contributed by atoms with Gasteiger partial charge in [0, 0.05) is 42.0 Å². The summed E-state index contributed by atoms with van der Waals surface area (Å²) in [4.78, 5) is 4.86. The highest BCUT2D eigenvalue weighted by molar-refractivity contribution is 6.30. The van der Waals surface area contributed by atoms with Crippen molar-refractivity contribution in [2.45, 2.75) is 32.0 Å². The van der Waals surface area contributed by atoms with E-state index < -0.39 is 0 Å². The lowest BCUT2D eigenvalue weighted by atomic mass is 10.1. The third-order valence-electron chi connectivity index (χ3n) is 4.63. The first-order chi connectivity index (χ1) is 10.5. The van der Waals surface area contributed by atoms with Crippen LogP contribution >= 0.6 is 11.6 Å². The van der Waals surface area contributed by atoms with Gasteiger partial charge in [0.25, 0.3) is 0 Å². The van der Waals surface area contributed by atoms with E-state index in [4.69, 9.17) is 11.6 Å². The van der Waals surface area contributed by atoms with Crippen molar-refractivity contribution in [1.29, 1.82) is 0 Å².